The van der Waals surface area contributed by atoms with Crippen molar-refractivity contribution in [3.8, 4) is 0 Å². The van der Waals surface area contributed by atoms with Gasteiger partial charge in [0.25, 0.3) is 0 Å². The molecule has 1 fully saturated rings. The second kappa shape index (κ2) is 7.84. The summed E-state index contributed by atoms with van der Waals surface area (Å²) < 4.78 is 0. The van der Waals surface area contributed by atoms with Crippen LogP contribution >= 0.6 is 11.8 Å². The molecule has 2 heterocycles. The molecule has 1 aliphatic heterocycles. The number of likely N-dealkylation sites (N-methyl/N-ethyl adjacent to an activating group) is 2. The molecular formula is C15H27N5S. The number of hydrogen-bond acceptors (Lipinski definition) is 6. The summed E-state index contributed by atoms with van der Waals surface area (Å²) in [5.74, 6) is 1.92. The fourth-order valence-electron chi connectivity index (χ4n) is 2.90. The van der Waals surface area contributed by atoms with Gasteiger partial charge in [-0.3, -0.25) is 4.90 Å². The summed E-state index contributed by atoms with van der Waals surface area (Å²) in [5.41, 5.74) is 0. The highest BCUT2D eigenvalue weighted by atomic mass is 32.2. The molecule has 1 aromatic rings. The van der Waals surface area contributed by atoms with Crippen molar-refractivity contribution in [1.29, 1.82) is 0 Å². The predicted octanol–water partition coefficient (Wildman–Crippen LogP) is 2.55. The first kappa shape index (κ1) is 16.4. The van der Waals surface area contributed by atoms with E-state index in [1.165, 1.54) is 19.4 Å². The zero-order valence-electron chi connectivity index (χ0n) is 13.6. The average molecular weight is 309 g/mol. The number of nitrogens with one attached hydrogen (secondary N) is 1. The van der Waals surface area contributed by atoms with Crippen LogP contribution in [0, 0.1) is 0 Å². The lowest BCUT2D eigenvalue weighted by atomic mass is 10.2. The standard InChI is InChI=1S/C15H27N5S/c1-5-16-13-10-14(18-15(17-13)21-4)19(3)11-12-8-7-9-20(12)6-2/h10,12H,5-9,11H2,1-4H3,(H,16,17,18). The molecular weight excluding hydrogens is 282 g/mol. The first-order chi connectivity index (χ1) is 10.2. The van der Waals surface area contributed by atoms with Gasteiger partial charge in [0.15, 0.2) is 5.16 Å². The van der Waals surface area contributed by atoms with E-state index in [1.807, 2.05) is 6.26 Å². The molecule has 1 unspecified atom stereocenters. The molecule has 1 atom stereocenters. The van der Waals surface area contributed by atoms with Crippen LogP contribution in [0.2, 0.25) is 0 Å². The van der Waals surface area contributed by atoms with E-state index in [0.29, 0.717) is 6.04 Å². The van der Waals surface area contributed by atoms with Gasteiger partial charge >= 0.3 is 0 Å². The summed E-state index contributed by atoms with van der Waals surface area (Å²) >= 11 is 1.59. The molecule has 0 bridgehead atoms. The van der Waals surface area contributed by atoms with Gasteiger partial charge in [0.2, 0.25) is 0 Å². The molecule has 2 rings (SSSR count). The first-order valence-electron chi connectivity index (χ1n) is 7.80. The zero-order valence-corrected chi connectivity index (χ0v) is 14.4. The Morgan fingerprint density at radius 2 is 2.24 bits per heavy atom. The lowest BCUT2D eigenvalue weighted by Crippen LogP contribution is -2.39. The molecule has 0 radical (unpaired) electrons. The van der Waals surface area contributed by atoms with E-state index < -0.39 is 0 Å². The van der Waals surface area contributed by atoms with E-state index in [-0.39, 0.29) is 0 Å². The second-order valence-electron chi connectivity index (χ2n) is 5.43. The molecule has 1 aromatic heterocycles. The highest BCUT2D eigenvalue weighted by Gasteiger charge is 2.24. The van der Waals surface area contributed by atoms with Gasteiger partial charge in [-0.05, 0) is 39.1 Å². The van der Waals surface area contributed by atoms with Crippen LogP contribution < -0.4 is 10.2 Å². The molecule has 1 saturated heterocycles. The van der Waals surface area contributed by atoms with Crippen molar-refractivity contribution in [2.24, 2.45) is 0 Å². The Hall–Kier alpha value is -1.01. The molecule has 0 aromatic carbocycles. The van der Waals surface area contributed by atoms with Crippen LogP contribution in [-0.2, 0) is 0 Å². The molecule has 0 amide bonds. The maximum atomic E-state index is 4.65. The summed E-state index contributed by atoms with van der Waals surface area (Å²) in [6.45, 7) is 8.61. The lowest BCUT2D eigenvalue weighted by Gasteiger charge is -2.28. The summed E-state index contributed by atoms with van der Waals surface area (Å²) in [5, 5.41) is 4.12. The zero-order chi connectivity index (χ0) is 15.2. The fourth-order valence-corrected chi connectivity index (χ4v) is 3.27. The van der Waals surface area contributed by atoms with Crippen molar-refractivity contribution in [3.63, 3.8) is 0 Å². The summed E-state index contributed by atoms with van der Waals surface area (Å²) in [6, 6.07) is 2.70. The van der Waals surface area contributed by atoms with E-state index >= 15 is 0 Å². The fraction of sp³-hybridized carbons (Fsp3) is 0.733. The third-order valence-corrected chi connectivity index (χ3v) is 4.56. The number of aromatic nitrogens is 2. The summed E-state index contributed by atoms with van der Waals surface area (Å²) in [7, 11) is 2.13. The molecule has 5 nitrogen and oxygen atoms in total. The van der Waals surface area contributed by atoms with Gasteiger partial charge in [0, 0.05) is 32.2 Å². The minimum Gasteiger partial charge on any atom is -0.370 e. The third-order valence-electron chi connectivity index (χ3n) is 4.01. The molecule has 1 N–H and O–H groups in total. The van der Waals surface area contributed by atoms with Crippen molar-refractivity contribution in [1.82, 2.24) is 14.9 Å². The van der Waals surface area contributed by atoms with Crippen LogP contribution in [0.5, 0.6) is 0 Å². The minimum absolute atomic E-state index is 0.648. The van der Waals surface area contributed by atoms with Gasteiger partial charge in [0.1, 0.15) is 11.6 Å². The highest BCUT2D eigenvalue weighted by Crippen LogP contribution is 2.22. The number of likely N-dealkylation sites (tertiary alicyclic amines) is 1. The SMILES string of the molecule is CCNc1cc(N(C)CC2CCCN2CC)nc(SC)n1. The second-order valence-corrected chi connectivity index (χ2v) is 6.21. The van der Waals surface area contributed by atoms with E-state index in [0.717, 1.165) is 36.4 Å². The minimum atomic E-state index is 0.648. The van der Waals surface area contributed by atoms with Crippen LogP contribution in [0.3, 0.4) is 0 Å². The molecule has 0 aliphatic carbocycles. The number of hydrogen-bond donors (Lipinski definition) is 1. The topological polar surface area (TPSA) is 44.3 Å². The Bertz CT molecular complexity index is 454. The van der Waals surface area contributed by atoms with Crippen molar-refractivity contribution < 1.29 is 0 Å². The van der Waals surface area contributed by atoms with E-state index in [1.54, 1.807) is 11.8 Å². The molecule has 0 saturated carbocycles. The summed E-state index contributed by atoms with van der Waals surface area (Å²) in [4.78, 5) is 14.0. The number of thioether (sulfide) groups is 1. The Balaban J connectivity index is 2.10. The molecule has 21 heavy (non-hydrogen) atoms. The maximum absolute atomic E-state index is 4.65. The van der Waals surface area contributed by atoms with E-state index in [2.05, 4.69) is 52.0 Å². The van der Waals surface area contributed by atoms with Crippen LogP contribution in [0.25, 0.3) is 0 Å². The summed E-state index contributed by atoms with van der Waals surface area (Å²) in [6.07, 6.45) is 4.62. The Morgan fingerprint density at radius 3 is 2.90 bits per heavy atom. The molecule has 6 heteroatoms. The van der Waals surface area contributed by atoms with Crippen LogP contribution in [0.4, 0.5) is 11.6 Å². The average Bonchev–Trinajstić information content (AvgIpc) is 2.94. The Kier molecular flexibility index (Phi) is 6.11. The smallest absolute Gasteiger partial charge is 0.191 e. The van der Waals surface area contributed by atoms with Gasteiger partial charge in [-0.15, -0.1) is 0 Å². The Morgan fingerprint density at radius 1 is 1.43 bits per heavy atom. The number of anilines is 2. The molecule has 1 aliphatic rings. The monoisotopic (exact) mass is 309 g/mol. The third kappa shape index (κ3) is 4.23. The van der Waals surface area contributed by atoms with Gasteiger partial charge in [-0.25, -0.2) is 9.97 Å². The normalized spacial score (nSPS) is 19.0. The van der Waals surface area contributed by atoms with Gasteiger partial charge in [-0.1, -0.05) is 18.7 Å². The van der Waals surface area contributed by atoms with Gasteiger partial charge in [0.05, 0.1) is 0 Å². The number of rotatable bonds is 7. The van der Waals surface area contributed by atoms with Gasteiger partial charge in [-0.2, -0.15) is 0 Å². The largest absolute Gasteiger partial charge is 0.370 e. The van der Waals surface area contributed by atoms with Crippen molar-refractivity contribution in [2.45, 2.75) is 37.9 Å². The lowest BCUT2D eigenvalue weighted by molar-refractivity contribution is 0.270. The maximum Gasteiger partial charge on any atom is 0.191 e. The van der Waals surface area contributed by atoms with Crippen LogP contribution in [0.1, 0.15) is 26.7 Å². The van der Waals surface area contributed by atoms with E-state index in [4.69, 9.17) is 0 Å². The quantitative estimate of drug-likeness (QED) is 0.617. The van der Waals surface area contributed by atoms with Crippen LogP contribution in [-0.4, -0.2) is 60.4 Å². The van der Waals surface area contributed by atoms with Crippen LogP contribution in [0.15, 0.2) is 11.2 Å². The first-order valence-corrected chi connectivity index (χ1v) is 9.02. The van der Waals surface area contributed by atoms with Crippen molar-refractivity contribution >= 4 is 23.4 Å². The highest BCUT2D eigenvalue weighted by molar-refractivity contribution is 7.98. The van der Waals surface area contributed by atoms with Crippen molar-refractivity contribution in [3.05, 3.63) is 6.07 Å². The number of nitrogens with zero attached hydrogens (tertiary/aromatic N) is 4. The predicted molar refractivity (Wildman–Crippen MR) is 91.5 cm³/mol. The van der Waals surface area contributed by atoms with Gasteiger partial charge < -0.3 is 10.2 Å². The molecule has 0 spiro atoms. The Labute approximate surface area is 132 Å². The molecule has 118 valence electrons. The van der Waals surface area contributed by atoms with E-state index in [9.17, 15) is 0 Å². The van der Waals surface area contributed by atoms with Crippen molar-refractivity contribution in [2.75, 3.05) is 49.7 Å².